The molecule has 0 radical (unpaired) electrons. The fourth-order valence-corrected chi connectivity index (χ4v) is 2.38. The summed E-state index contributed by atoms with van der Waals surface area (Å²) >= 11 is 0. The summed E-state index contributed by atoms with van der Waals surface area (Å²) in [5.74, 6) is 3.00. The Balaban J connectivity index is 1.93. The van der Waals surface area contributed by atoms with Crippen LogP contribution in [0.5, 0.6) is 0 Å². The highest BCUT2D eigenvalue weighted by Crippen LogP contribution is 2.22. The lowest BCUT2D eigenvalue weighted by Gasteiger charge is -2.09. The maximum absolute atomic E-state index is 5.41. The van der Waals surface area contributed by atoms with Crippen LogP contribution in [0.15, 0.2) is 20.1 Å². The second-order valence-electron chi connectivity index (χ2n) is 5.51. The molecule has 0 bridgehead atoms. The number of hydrogen-bond donors (Lipinski definition) is 2. The Morgan fingerprint density at radius 1 is 1.17 bits per heavy atom. The van der Waals surface area contributed by atoms with Crippen LogP contribution in [0.3, 0.4) is 0 Å². The van der Waals surface area contributed by atoms with Crippen molar-refractivity contribution >= 4 is 5.96 Å². The molecule has 2 heterocycles. The smallest absolute Gasteiger partial charge is 0.223 e. The number of aliphatic imine (C=N–C) groups is 1. The molecule has 2 N–H and O–H groups in total. The summed E-state index contributed by atoms with van der Waals surface area (Å²) in [6.45, 7) is 9.71. The van der Waals surface area contributed by atoms with Crippen molar-refractivity contribution in [1.29, 1.82) is 0 Å². The van der Waals surface area contributed by atoms with Gasteiger partial charge in [-0.05, 0) is 19.8 Å². The van der Waals surface area contributed by atoms with E-state index in [0.29, 0.717) is 36.7 Å². The first-order chi connectivity index (χ1) is 11.7. The summed E-state index contributed by atoms with van der Waals surface area (Å²) in [7, 11) is 0. The van der Waals surface area contributed by atoms with Crippen LogP contribution in [0.1, 0.15) is 62.7 Å². The number of hydrogen-bond acceptors (Lipinski definition) is 6. The molecule has 0 aliphatic heterocycles. The zero-order chi connectivity index (χ0) is 17.4. The van der Waals surface area contributed by atoms with Crippen LogP contribution in [0, 0.1) is 6.92 Å². The van der Waals surface area contributed by atoms with Crippen LogP contribution in [0.2, 0.25) is 0 Å². The van der Waals surface area contributed by atoms with Crippen LogP contribution >= 0.6 is 0 Å². The van der Waals surface area contributed by atoms with Gasteiger partial charge in [-0.2, -0.15) is 4.98 Å². The molecule has 24 heavy (non-hydrogen) atoms. The lowest BCUT2D eigenvalue weighted by Crippen LogP contribution is -2.36. The van der Waals surface area contributed by atoms with Crippen molar-refractivity contribution in [3.8, 4) is 0 Å². The molecule has 0 atom stereocenters. The molecule has 2 rings (SSSR count). The van der Waals surface area contributed by atoms with Crippen LogP contribution in [0.25, 0.3) is 0 Å². The Morgan fingerprint density at radius 3 is 2.58 bits per heavy atom. The van der Waals surface area contributed by atoms with Crippen molar-refractivity contribution in [1.82, 2.24) is 25.9 Å². The van der Waals surface area contributed by atoms with Crippen molar-refractivity contribution in [2.24, 2.45) is 4.99 Å². The van der Waals surface area contributed by atoms with E-state index in [0.717, 1.165) is 30.8 Å². The second-order valence-corrected chi connectivity index (χ2v) is 5.51. The second kappa shape index (κ2) is 9.05. The molecule has 8 nitrogen and oxygen atoms in total. The number of nitrogens with one attached hydrogen (secondary N) is 2. The molecule has 2 aromatic heterocycles. The van der Waals surface area contributed by atoms with Gasteiger partial charge >= 0.3 is 0 Å². The number of rotatable bonds is 8. The largest absolute Gasteiger partial charge is 0.359 e. The first kappa shape index (κ1) is 18.0. The van der Waals surface area contributed by atoms with Crippen molar-refractivity contribution < 1.29 is 9.05 Å². The number of nitrogens with zero attached hydrogens (tertiary/aromatic N) is 4. The standard InChI is InChI=1S/C16H26N6O2/c1-5-12(6-2)14-8-13(24-21-14)9-18-16(17-7-3)19-10-15-20-11(4)23-22-15/h8,12H,5-7,9-10H2,1-4H3,(H2,17,18,19). The van der Waals surface area contributed by atoms with Gasteiger partial charge in [0.2, 0.25) is 5.89 Å². The third-order valence-corrected chi connectivity index (χ3v) is 3.70. The highest BCUT2D eigenvalue weighted by molar-refractivity contribution is 5.79. The SMILES string of the molecule is CCNC(=NCc1noc(C)n1)NCc1cc(C(CC)CC)no1. The Labute approximate surface area is 142 Å². The lowest BCUT2D eigenvalue weighted by atomic mass is 9.99. The normalized spacial score (nSPS) is 12.0. The quantitative estimate of drug-likeness (QED) is 0.565. The van der Waals surface area contributed by atoms with Gasteiger partial charge in [-0.25, -0.2) is 4.99 Å². The van der Waals surface area contributed by atoms with E-state index < -0.39 is 0 Å². The van der Waals surface area contributed by atoms with Crippen LogP contribution < -0.4 is 10.6 Å². The minimum absolute atomic E-state index is 0.349. The van der Waals surface area contributed by atoms with Crippen molar-refractivity contribution in [3.63, 3.8) is 0 Å². The van der Waals surface area contributed by atoms with Crippen molar-refractivity contribution in [3.05, 3.63) is 29.2 Å². The number of aryl methyl sites for hydroxylation is 1. The predicted octanol–water partition coefficient (Wildman–Crippen LogP) is 2.52. The third kappa shape index (κ3) is 5.07. The molecule has 0 amide bonds. The van der Waals surface area contributed by atoms with Gasteiger partial charge < -0.3 is 19.7 Å². The maximum Gasteiger partial charge on any atom is 0.223 e. The number of guanidine groups is 1. The highest BCUT2D eigenvalue weighted by atomic mass is 16.5. The summed E-state index contributed by atoms with van der Waals surface area (Å²) in [5, 5.41) is 14.4. The minimum atomic E-state index is 0.349. The van der Waals surface area contributed by atoms with E-state index >= 15 is 0 Å². The van der Waals surface area contributed by atoms with E-state index in [9.17, 15) is 0 Å². The summed E-state index contributed by atoms with van der Waals surface area (Å²) in [6, 6.07) is 2.01. The summed E-state index contributed by atoms with van der Waals surface area (Å²) in [4.78, 5) is 8.57. The van der Waals surface area contributed by atoms with Gasteiger partial charge in [0.1, 0.15) is 6.54 Å². The lowest BCUT2D eigenvalue weighted by molar-refractivity contribution is 0.368. The van der Waals surface area contributed by atoms with E-state index in [2.05, 4.69) is 44.8 Å². The molecule has 0 spiro atoms. The Morgan fingerprint density at radius 2 is 1.96 bits per heavy atom. The molecule has 132 valence electrons. The molecule has 8 heteroatoms. The Hall–Kier alpha value is -2.38. The molecule has 0 aliphatic rings. The van der Waals surface area contributed by atoms with Crippen molar-refractivity contribution in [2.45, 2.75) is 59.5 Å². The fourth-order valence-electron chi connectivity index (χ4n) is 2.38. The van der Waals surface area contributed by atoms with Gasteiger partial charge in [-0.1, -0.05) is 24.2 Å². The molecule has 0 aromatic carbocycles. The predicted molar refractivity (Wildman–Crippen MR) is 90.5 cm³/mol. The van der Waals surface area contributed by atoms with Crippen molar-refractivity contribution in [2.75, 3.05) is 6.54 Å². The topological polar surface area (TPSA) is 101 Å². The zero-order valence-corrected chi connectivity index (χ0v) is 14.8. The monoisotopic (exact) mass is 334 g/mol. The number of aromatic nitrogens is 3. The average molecular weight is 334 g/mol. The molecular weight excluding hydrogens is 308 g/mol. The Kier molecular flexibility index (Phi) is 6.77. The Bertz CT molecular complexity index is 645. The molecule has 2 aromatic rings. The maximum atomic E-state index is 5.41. The first-order valence-electron chi connectivity index (χ1n) is 8.43. The molecule has 0 aliphatic carbocycles. The van der Waals surface area contributed by atoms with Gasteiger partial charge in [-0.15, -0.1) is 0 Å². The summed E-state index contributed by atoms with van der Waals surface area (Å²) in [5.41, 5.74) is 1.01. The summed E-state index contributed by atoms with van der Waals surface area (Å²) in [6.07, 6.45) is 2.12. The van der Waals surface area contributed by atoms with Crippen LogP contribution in [0.4, 0.5) is 0 Å². The highest BCUT2D eigenvalue weighted by Gasteiger charge is 2.13. The first-order valence-corrected chi connectivity index (χ1v) is 8.43. The van der Waals surface area contributed by atoms with E-state index in [1.165, 1.54) is 0 Å². The van der Waals surface area contributed by atoms with E-state index in [1.807, 2.05) is 13.0 Å². The fraction of sp³-hybridized carbons (Fsp3) is 0.625. The zero-order valence-electron chi connectivity index (χ0n) is 14.8. The average Bonchev–Trinajstić information content (AvgIpc) is 3.21. The molecular formula is C16H26N6O2. The van der Waals surface area contributed by atoms with Gasteiger partial charge in [0.25, 0.3) is 0 Å². The molecule has 0 saturated heterocycles. The van der Waals surface area contributed by atoms with E-state index in [4.69, 9.17) is 9.05 Å². The van der Waals surface area contributed by atoms with Gasteiger partial charge in [0.15, 0.2) is 17.5 Å². The summed E-state index contributed by atoms with van der Waals surface area (Å²) < 4.78 is 10.3. The molecule has 0 fully saturated rings. The van der Waals surface area contributed by atoms with Gasteiger partial charge in [0.05, 0.1) is 12.2 Å². The third-order valence-electron chi connectivity index (χ3n) is 3.70. The van der Waals surface area contributed by atoms with E-state index in [-0.39, 0.29) is 0 Å². The van der Waals surface area contributed by atoms with Crippen LogP contribution in [-0.4, -0.2) is 27.8 Å². The minimum Gasteiger partial charge on any atom is -0.359 e. The van der Waals surface area contributed by atoms with Gasteiger partial charge in [0, 0.05) is 25.5 Å². The van der Waals surface area contributed by atoms with Gasteiger partial charge in [-0.3, -0.25) is 0 Å². The molecule has 0 saturated carbocycles. The van der Waals surface area contributed by atoms with Crippen LogP contribution in [-0.2, 0) is 13.1 Å². The molecule has 0 unspecified atom stereocenters. The van der Waals surface area contributed by atoms with E-state index in [1.54, 1.807) is 6.92 Å².